The Bertz CT molecular complexity index is 916. The number of anilines is 3. The fraction of sp³-hybridized carbons (Fsp3) is 0.294. The molecule has 0 saturated heterocycles. The number of aromatic nitrogens is 4. The summed E-state index contributed by atoms with van der Waals surface area (Å²) in [5.74, 6) is 1.70. The van der Waals surface area contributed by atoms with Crippen molar-refractivity contribution in [2.24, 2.45) is 10.8 Å². The van der Waals surface area contributed by atoms with E-state index in [4.69, 9.17) is 5.73 Å². The number of likely N-dealkylation sites (N-methyl/N-ethyl adjacent to an activating group) is 1. The molecule has 0 spiro atoms. The van der Waals surface area contributed by atoms with Crippen LogP contribution in [0.15, 0.2) is 42.0 Å². The lowest BCUT2D eigenvalue weighted by Crippen LogP contribution is -2.13. The third-order valence-electron chi connectivity index (χ3n) is 4.22. The first-order valence-corrected chi connectivity index (χ1v) is 8.49. The summed E-state index contributed by atoms with van der Waals surface area (Å²) < 4.78 is 2.05. The van der Waals surface area contributed by atoms with Crippen molar-refractivity contribution in [1.82, 2.24) is 24.4 Å². The Hall–Kier alpha value is -3.20. The van der Waals surface area contributed by atoms with E-state index in [1.165, 1.54) is 0 Å². The van der Waals surface area contributed by atoms with Gasteiger partial charge in [0.1, 0.15) is 5.82 Å². The monoisotopic (exact) mass is 351 g/mol. The molecule has 0 bridgehead atoms. The van der Waals surface area contributed by atoms with Crippen molar-refractivity contribution in [3.63, 3.8) is 0 Å². The number of fused-ring (bicyclic) bond motifs is 1. The molecule has 4 N–H and O–H groups in total. The van der Waals surface area contributed by atoms with Gasteiger partial charge in [-0.05, 0) is 12.1 Å². The minimum absolute atomic E-state index is 0.222. The highest BCUT2D eigenvalue weighted by Gasteiger charge is 2.21. The zero-order valence-corrected chi connectivity index (χ0v) is 14.5. The average molecular weight is 351 g/mol. The number of nitrogens with one attached hydrogen (secondary N) is 2. The maximum Gasteiger partial charge on any atom is 0.180 e. The molecule has 134 valence electrons. The summed E-state index contributed by atoms with van der Waals surface area (Å²) >= 11 is 0. The van der Waals surface area contributed by atoms with Crippen LogP contribution in [0, 0.1) is 0 Å². The van der Waals surface area contributed by atoms with E-state index in [1.807, 2.05) is 42.8 Å². The van der Waals surface area contributed by atoms with Gasteiger partial charge in [-0.1, -0.05) is 0 Å². The molecule has 3 aromatic heterocycles. The highest BCUT2D eigenvalue weighted by molar-refractivity contribution is 5.73. The van der Waals surface area contributed by atoms with Crippen molar-refractivity contribution in [2.75, 3.05) is 37.3 Å². The molecule has 0 aromatic carbocycles. The fourth-order valence-electron chi connectivity index (χ4n) is 2.95. The van der Waals surface area contributed by atoms with Gasteiger partial charge in [-0.25, -0.2) is 15.0 Å². The topological polar surface area (TPSA) is 109 Å². The van der Waals surface area contributed by atoms with Gasteiger partial charge in [-0.15, -0.1) is 0 Å². The maximum absolute atomic E-state index is 5.49. The molecule has 0 amide bonds. The van der Waals surface area contributed by atoms with E-state index < -0.39 is 0 Å². The lowest BCUT2D eigenvalue weighted by molar-refractivity contribution is 0.380. The van der Waals surface area contributed by atoms with Crippen LogP contribution in [-0.4, -0.2) is 57.3 Å². The van der Waals surface area contributed by atoms with Crippen LogP contribution in [0.4, 0.5) is 17.3 Å². The second kappa shape index (κ2) is 6.96. The summed E-state index contributed by atoms with van der Waals surface area (Å²) in [5, 5.41) is 12.7. The molecule has 26 heavy (non-hydrogen) atoms. The molecule has 0 radical (unpaired) electrons. The van der Waals surface area contributed by atoms with E-state index in [2.05, 4.69) is 35.1 Å². The third kappa shape index (κ3) is 3.16. The highest BCUT2D eigenvalue weighted by Crippen LogP contribution is 2.24. The summed E-state index contributed by atoms with van der Waals surface area (Å²) in [5.41, 5.74) is 8.20. The van der Waals surface area contributed by atoms with Gasteiger partial charge in [0.05, 0.1) is 29.7 Å². The number of rotatable bonds is 6. The summed E-state index contributed by atoms with van der Waals surface area (Å²) in [7, 11) is 1.97. The van der Waals surface area contributed by atoms with Crippen LogP contribution in [0.2, 0.25) is 0 Å². The zero-order chi connectivity index (χ0) is 17.9. The minimum Gasteiger partial charge on any atom is -0.369 e. The Balaban J connectivity index is 1.57. The van der Waals surface area contributed by atoms with Crippen molar-refractivity contribution in [2.45, 2.75) is 5.92 Å². The molecule has 1 unspecified atom stereocenters. The van der Waals surface area contributed by atoms with Crippen LogP contribution < -0.4 is 16.4 Å². The molecule has 9 heteroatoms. The molecular formula is C17H21N9. The predicted octanol–water partition coefficient (Wildman–Crippen LogP) is 1.25. The van der Waals surface area contributed by atoms with Gasteiger partial charge in [0, 0.05) is 45.3 Å². The van der Waals surface area contributed by atoms with Crippen molar-refractivity contribution >= 4 is 29.2 Å². The molecule has 1 aliphatic rings. The van der Waals surface area contributed by atoms with Crippen molar-refractivity contribution < 1.29 is 0 Å². The number of hydrogen-bond acceptors (Lipinski definition) is 8. The SMILES string of the molecule is CN1CC(c2cnc3c(Nc4ccc(NCCN)nc4)nccn23)C=N1. The van der Waals surface area contributed by atoms with Crippen LogP contribution in [0.25, 0.3) is 5.65 Å². The number of hydrazone groups is 1. The molecule has 4 heterocycles. The molecule has 0 saturated carbocycles. The summed E-state index contributed by atoms with van der Waals surface area (Å²) in [6.45, 7) is 2.11. The second-order valence-electron chi connectivity index (χ2n) is 6.14. The Labute approximate surface area is 151 Å². The minimum atomic E-state index is 0.222. The Morgan fingerprint density at radius 1 is 1.23 bits per heavy atom. The number of hydrogen-bond donors (Lipinski definition) is 3. The maximum atomic E-state index is 5.49. The molecule has 0 aliphatic carbocycles. The van der Waals surface area contributed by atoms with Crippen LogP contribution >= 0.6 is 0 Å². The Morgan fingerprint density at radius 2 is 2.15 bits per heavy atom. The predicted molar refractivity (Wildman–Crippen MR) is 102 cm³/mol. The van der Waals surface area contributed by atoms with Crippen LogP contribution in [0.5, 0.6) is 0 Å². The number of imidazole rings is 1. The summed E-state index contributed by atoms with van der Waals surface area (Å²) in [4.78, 5) is 13.3. The average Bonchev–Trinajstić information content (AvgIpc) is 3.28. The zero-order valence-electron chi connectivity index (χ0n) is 14.5. The molecule has 3 aromatic rings. The summed E-state index contributed by atoms with van der Waals surface area (Å²) in [6.07, 6.45) is 9.28. The van der Waals surface area contributed by atoms with E-state index >= 15 is 0 Å². The third-order valence-corrected chi connectivity index (χ3v) is 4.22. The van der Waals surface area contributed by atoms with E-state index in [-0.39, 0.29) is 5.92 Å². The van der Waals surface area contributed by atoms with Crippen molar-refractivity contribution in [3.8, 4) is 0 Å². The number of nitrogens with zero attached hydrogens (tertiary/aromatic N) is 6. The van der Waals surface area contributed by atoms with E-state index in [9.17, 15) is 0 Å². The molecule has 1 atom stereocenters. The Kier molecular flexibility index (Phi) is 4.36. The number of pyridine rings is 1. The lowest BCUT2D eigenvalue weighted by Gasteiger charge is -2.11. The van der Waals surface area contributed by atoms with E-state index in [0.717, 1.165) is 29.4 Å². The van der Waals surface area contributed by atoms with Crippen LogP contribution in [0.1, 0.15) is 11.6 Å². The molecule has 4 rings (SSSR count). The Morgan fingerprint density at radius 3 is 2.88 bits per heavy atom. The van der Waals surface area contributed by atoms with Gasteiger partial charge >= 0.3 is 0 Å². The van der Waals surface area contributed by atoms with Gasteiger partial charge in [-0.3, -0.25) is 9.41 Å². The molecule has 1 aliphatic heterocycles. The molecular weight excluding hydrogens is 330 g/mol. The first kappa shape index (κ1) is 16.3. The summed E-state index contributed by atoms with van der Waals surface area (Å²) in [6, 6.07) is 3.85. The largest absolute Gasteiger partial charge is 0.369 e. The molecule has 9 nitrogen and oxygen atoms in total. The van der Waals surface area contributed by atoms with Gasteiger partial charge in [-0.2, -0.15) is 5.10 Å². The first-order valence-electron chi connectivity index (χ1n) is 8.49. The van der Waals surface area contributed by atoms with Crippen molar-refractivity contribution in [1.29, 1.82) is 0 Å². The lowest BCUT2D eigenvalue weighted by atomic mass is 10.1. The molecule has 0 fully saturated rings. The fourth-order valence-corrected chi connectivity index (χ4v) is 2.95. The smallest absolute Gasteiger partial charge is 0.180 e. The first-order chi connectivity index (χ1) is 12.7. The standard InChI is InChI=1S/C17H21N9/c1-25-11-12(8-23-25)14-10-22-17-16(20-6-7-26(14)17)24-13-2-3-15(21-9-13)19-5-4-18/h2-3,6-10,12H,4-5,11,18H2,1H3,(H,19,21)(H,20,24). The normalized spacial score (nSPS) is 16.4. The second-order valence-corrected chi connectivity index (χ2v) is 6.14. The van der Waals surface area contributed by atoms with E-state index in [0.29, 0.717) is 18.9 Å². The number of nitrogens with two attached hydrogens (primary N) is 1. The highest BCUT2D eigenvalue weighted by atomic mass is 15.4. The van der Waals surface area contributed by atoms with Crippen LogP contribution in [0.3, 0.4) is 0 Å². The van der Waals surface area contributed by atoms with Crippen molar-refractivity contribution in [3.05, 3.63) is 42.6 Å². The van der Waals surface area contributed by atoms with Gasteiger partial charge in [0.15, 0.2) is 11.5 Å². The van der Waals surface area contributed by atoms with E-state index in [1.54, 1.807) is 12.4 Å². The van der Waals surface area contributed by atoms with Gasteiger partial charge in [0.25, 0.3) is 0 Å². The van der Waals surface area contributed by atoms with Gasteiger partial charge in [0.2, 0.25) is 0 Å². The van der Waals surface area contributed by atoms with Gasteiger partial charge < -0.3 is 16.4 Å². The quantitative estimate of drug-likeness (QED) is 0.613. The van der Waals surface area contributed by atoms with Crippen LogP contribution in [-0.2, 0) is 0 Å².